The van der Waals surface area contributed by atoms with Crippen molar-refractivity contribution >= 4 is 0 Å². The van der Waals surface area contributed by atoms with E-state index in [1.54, 1.807) is 0 Å². The van der Waals surface area contributed by atoms with Crippen molar-refractivity contribution in [1.29, 1.82) is 0 Å². The SMILES string of the molecule is [2H][C@@H]1c2ccccc2-c2c1c1c(c3c2[C@@H]([2H])c2ccccc2-3)[C@H]([2H])c2ccccc2-1. The van der Waals surface area contributed by atoms with Crippen LogP contribution in [0.25, 0.3) is 33.4 Å². The Morgan fingerprint density at radius 3 is 1.07 bits per heavy atom. The van der Waals surface area contributed by atoms with Gasteiger partial charge in [0, 0.05) is 4.11 Å². The summed E-state index contributed by atoms with van der Waals surface area (Å²) in [6, 6.07) is 24.5. The fraction of sp³-hybridized carbons (Fsp3) is 0.111. The molecule has 0 saturated carbocycles. The number of rotatable bonds is 0. The standard InChI is InChI=1S/C27H18/c1-4-10-19-16(7-1)13-22-25(19)23-14-17-8-3-6-12-21(17)27(23)24-15-18-9-2-5-11-20(18)26(22)24/h1-12H,13-15H2/i13D,14D,15D/t13-,14-,15+/m1/s1. The molecule has 0 saturated heterocycles. The second kappa shape index (κ2) is 4.78. The van der Waals surface area contributed by atoms with Crippen LogP contribution in [0.2, 0.25) is 0 Å². The molecule has 0 heteroatoms. The van der Waals surface area contributed by atoms with Gasteiger partial charge in [0.2, 0.25) is 0 Å². The third-order valence-corrected chi connectivity index (χ3v) is 6.21. The summed E-state index contributed by atoms with van der Waals surface area (Å²) in [4.78, 5) is 0. The molecule has 0 unspecified atom stereocenters. The molecule has 27 heavy (non-hydrogen) atoms. The Bertz CT molecular complexity index is 1210. The van der Waals surface area contributed by atoms with Crippen LogP contribution in [0.3, 0.4) is 0 Å². The predicted molar refractivity (Wildman–Crippen MR) is 111 cm³/mol. The number of hydrogen-bond donors (Lipinski definition) is 0. The molecule has 0 aromatic heterocycles. The first-order valence-corrected chi connectivity index (χ1v) is 9.46. The van der Waals surface area contributed by atoms with Gasteiger partial charge < -0.3 is 0 Å². The third kappa shape index (κ3) is 1.64. The molecule has 0 amide bonds. The van der Waals surface area contributed by atoms with Gasteiger partial charge in [0.25, 0.3) is 0 Å². The molecule has 0 fully saturated rings. The first-order valence-electron chi connectivity index (χ1n) is 11.2. The molecule has 0 heterocycles. The smallest absolute Gasteiger partial charge is 0.0366 e. The predicted octanol–water partition coefficient (Wildman–Crippen LogP) is 6.40. The Balaban J connectivity index is 1.72. The topological polar surface area (TPSA) is 0 Å². The van der Waals surface area contributed by atoms with Crippen molar-refractivity contribution in [3.8, 4) is 33.4 Å². The van der Waals surface area contributed by atoms with Gasteiger partial charge in [-0.3, -0.25) is 0 Å². The van der Waals surface area contributed by atoms with Gasteiger partial charge >= 0.3 is 0 Å². The Hall–Kier alpha value is -3.12. The number of benzene rings is 4. The summed E-state index contributed by atoms with van der Waals surface area (Å²) in [5.41, 5.74) is 12.5. The molecule has 0 N–H and O–H groups in total. The van der Waals surface area contributed by atoms with Crippen molar-refractivity contribution in [2.75, 3.05) is 0 Å². The van der Waals surface area contributed by atoms with Crippen molar-refractivity contribution in [2.45, 2.75) is 19.2 Å². The second-order valence-corrected chi connectivity index (χ2v) is 7.56. The summed E-state index contributed by atoms with van der Waals surface area (Å²) < 4.78 is 27.4. The maximum atomic E-state index is 9.14. The third-order valence-electron chi connectivity index (χ3n) is 6.21. The Kier molecular flexibility index (Phi) is 2.05. The second-order valence-electron chi connectivity index (χ2n) is 7.56. The van der Waals surface area contributed by atoms with E-state index < -0.39 is 19.2 Å². The van der Waals surface area contributed by atoms with Crippen LogP contribution in [0.1, 0.15) is 37.5 Å². The van der Waals surface area contributed by atoms with Crippen molar-refractivity contribution in [3.05, 3.63) is 106 Å². The number of fused-ring (bicyclic) bond motifs is 12. The van der Waals surface area contributed by atoms with Crippen LogP contribution >= 0.6 is 0 Å². The lowest BCUT2D eigenvalue weighted by atomic mass is 9.86. The molecule has 4 aromatic rings. The van der Waals surface area contributed by atoms with Crippen LogP contribution in [-0.2, 0) is 19.2 Å². The van der Waals surface area contributed by atoms with Crippen LogP contribution < -0.4 is 0 Å². The summed E-state index contributed by atoms with van der Waals surface area (Å²) in [7, 11) is 0. The molecule has 0 aliphatic heterocycles. The normalized spacial score (nSPS) is 24.0. The molecule has 0 bridgehead atoms. The van der Waals surface area contributed by atoms with E-state index in [2.05, 4.69) is 18.2 Å². The van der Waals surface area contributed by atoms with Crippen molar-refractivity contribution < 1.29 is 4.11 Å². The highest BCUT2D eigenvalue weighted by Crippen LogP contribution is 2.56. The van der Waals surface area contributed by atoms with Gasteiger partial charge in [0.15, 0.2) is 0 Å². The molecular weight excluding hydrogens is 324 g/mol. The van der Waals surface area contributed by atoms with E-state index in [4.69, 9.17) is 4.11 Å². The summed E-state index contributed by atoms with van der Waals surface area (Å²) >= 11 is 0. The molecule has 0 nitrogen and oxygen atoms in total. The minimum Gasteiger partial charge on any atom is -0.0619 e. The van der Waals surface area contributed by atoms with Crippen LogP contribution in [0.15, 0.2) is 72.8 Å². The summed E-state index contributed by atoms with van der Waals surface area (Å²) in [6.45, 7) is 0. The minimum absolute atomic E-state index is 0.482. The number of hydrogen-bond acceptors (Lipinski definition) is 0. The molecule has 4 aromatic carbocycles. The Morgan fingerprint density at radius 1 is 0.444 bits per heavy atom. The van der Waals surface area contributed by atoms with Gasteiger partial charge in [0.05, 0.1) is 0 Å². The van der Waals surface area contributed by atoms with Gasteiger partial charge in [-0.2, -0.15) is 0 Å². The first-order chi connectivity index (χ1) is 14.7. The molecule has 3 aliphatic rings. The van der Waals surface area contributed by atoms with Crippen molar-refractivity contribution in [1.82, 2.24) is 0 Å². The Morgan fingerprint density at radius 2 is 0.741 bits per heavy atom. The monoisotopic (exact) mass is 345 g/mol. The fourth-order valence-electron chi connectivity index (χ4n) is 5.13. The highest BCUT2D eigenvalue weighted by Gasteiger charge is 2.36. The molecule has 7 rings (SSSR count). The van der Waals surface area contributed by atoms with E-state index >= 15 is 0 Å². The lowest BCUT2D eigenvalue weighted by molar-refractivity contribution is 1.21. The Labute approximate surface area is 163 Å². The minimum atomic E-state index is -0.482. The van der Waals surface area contributed by atoms with Crippen LogP contribution in [-0.4, -0.2) is 0 Å². The quantitative estimate of drug-likeness (QED) is 0.346. The molecule has 126 valence electrons. The fourth-order valence-corrected chi connectivity index (χ4v) is 5.13. The molecular formula is C27H18. The van der Waals surface area contributed by atoms with Gasteiger partial charge in [-0.1, -0.05) is 72.8 Å². The van der Waals surface area contributed by atoms with E-state index in [0.29, 0.717) is 0 Å². The highest BCUT2D eigenvalue weighted by atomic mass is 14.4. The van der Waals surface area contributed by atoms with Gasteiger partial charge in [-0.25, -0.2) is 0 Å². The van der Waals surface area contributed by atoms with Gasteiger partial charge in [-0.05, 0) is 86.0 Å². The summed E-state index contributed by atoms with van der Waals surface area (Å²) in [5.74, 6) is 0. The molecule has 0 radical (unpaired) electrons. The zero-order chi connectivity index (χ0) is 20.1. The van der Waals surface area contributed by atoms with E-state index in [0.717, 1.165) is 66.8 Å². The van der Waals surface area contributed by atoms with E-state index in [1.807, 2.05) is 54.6 Å². The molecule has 3 aliphatic carbocycles. The first kappa shape index (κ1) is 11.6. The highest BCUT2D eigenvalue weighted by molar-refractivity contribution is 6.00. The zero-order valence-electron chi connectivity index (χ0n) is 17.7. The maximum Gasteiger partial charge on any atom is 0.0366 e. The average molecular weight is 345 g/mol. The van der Waals surface area contributed by atoms with Crippen LogP contribution in [0, 0.1) is 0 Å². The van der Waals surface area contributed by atoms with E-state index in [1.165, 1.54) is 0 Å². The van der Waals surface area contributed by atoms with Crippen LogP contribution in [0.5, 0.6) is 0 Å². The largest absolute Gasteiger partial charge is 0.0619 e. The van der Waals surface area contributed by atoms with Crippen molar-refractivity contribution in [3.63, 3.8) is 0 Å². The lowest BCUT2D eigenvalue weighted by Gasteiger charge is -2.17. The van der Waals surface area contributed by atoms with E-state index in [9.17, 15) is 0 Å². The molecule has 3 atom stereocenters. The summed E-state index contributed by atoms with van der Waals surface area (Å²) in [5, 5.41) is 0. The van der Waals surface area contributed by atoms with Gasteiger partial charge in [0.1, 0.15) is 0 Å². The van der Waals surface area contributed by atoms with Gasteiger partial charge in [-0.15, -0.1) is 0 Å². The van der Waals surface area contributed by atoms with Crippen LogP contribution in [0.4, 0.5) is 0 Å². The van der Waals surface area contributed by atoms with E-state index in [-0.39, 0.29) is 0 Å². The van der Waals surface area contributed by atoms with Crippen molar-refractivity contribution in [2.24, 2.45) is 0 Å². The maximum absolute atomic E-state index is 9.14. The lowest BCUT2D eigenvalue weighted by Crippen LogP contribution is -1.96. The summed E-state index contributed by atoms with van der Waals surface area (Å²) in [6.07, 6.45) is -1.45. The molecule has 0 spiro atoms. The average Bonchev–Trinajstić information content (AvgIpc) is 3.36. The zero-order valence-corrected chi connectivity index (χ0v) is 14.7.